The van der Waals surface area contributed by atoms with Crippen molar-refractivity contribution in [1.29, 1.82) is 0 Å². The van der Waals surface area contributed by atoms with Gasteiger partial charge < -0.3 is 5.11 Å². The zero-order valence-electron chi connectivity index (χ0n) is 16.4. The first-order chi connectivity index (χ1) is 13.4. The summed E-state index contributed by atoms with van der Waals surface area (Å²) in [6.07, 6.45) is 6.37. The molecular weight excluding hydrogens is 370 g/mol. The average Bonchev–Trinajstić information content (AvgIpc) is 2.71. The van der Waals surface area contributed by atoms with Gasteiger partial charge in [-0.15, -0.1) is 0 Å². The molecule has 3 unspecified atom stereocenters. The Balaban J connectivity index is 1.60. The molecule has 1 heterocycles. The summed E-state index contributed by atoms with van der Waals surface area (Å²) >= 11 is 0. The minimum absolute atomic E-state index is 0.183. The molecule has 3 atom stereocenters. The van der Waals surface area contributed by atoms with Gasteiger partial charge in [-0.05, 0) is 42.5 Å². The van der Waals surface area contributed by atoms with E-state index in [2.05, 4.69) is 29.2 Å². The quantitative estimate of drug-likeness (QED) is 0.851. The second kappa shape index (κ2) is 7.62. The van der Waals surface area contributed by atoms with Gasteiger partial charge in [-0.3, -0.25) is 4.90 Å². The average molecular weight is 400 g/mol. The van der Waals surface area contributed by atoms with Crippen molar-refractivity contribution in [1.82, 2.24) is 4.90 Å². The molecule has 2 aromatic carbocycles. The summed E-state index contributed by atoms with van der Waals surface area (Å²) in [6.45, 7) is 1.77. The van der Waals surface area contributed by atoms with Crippen LogP contribution in [0, 0.1) is 5.92 Å². The molecule has 28 heavy (non-hydrogen) atoms. The van der Waals surface area contributed by atoms with Gasteiger partial charge in [-0.25, -0.2) is 8.42 Å². The topological polar surface area (TPSA) is 57.6 Å². The largest absolute Gasteiger partial charge is 0.385 e. The molecule has 0 aromatic heterocycles. The molecule has 1 aliphatic carbocycles. The second-order valence-corrected chi connectivity index (χ2v) is 10.4. The van der Waals surface area contributed by atoms with Crippen LogP contribution in [-0.4, -0.2) is 37.3 Å². The third kappa shape index (κ3) is 3.76. The Hall–Kier alpha value is -1.69. The minimum atomic E-state index is -3.23. The number of benzene rings is 2. The van der Waals surface area contributed by atoms with Crippen molar-refractivity contribution in [3.63, 3.8) is 0 Å². The Morgan fingerprint density at radius 3 is 2.39 bits per heavy atom. The van der Waals surface area contributed by atoms with E-state index < -0.39 is 15.4 Å². The van der Waals surface area contributed by atoms with E-state index in [1.807, 2.05) is 18.2 Å². The summed E-state index contributed by atoms with van der Waals surface area (Å²) in [6, 6.07) is 17.8. The molecule has 0 amide bonds. The maximum absolute atomic E-state index is 11.8. The van der Waals surface area contributed by atoms with Gasteiger partial charge in [0.15, 0.2) is 9.84 Å². The van der Waals surface area contributed by atoms with Gasteiger partial charge in [0, 0.05) is 31.3 Å². The maximum Gasteiger partial charge on any atom is 0.175 e. The molecule has 1 saturated heterocycles. The van der Waals surface area contributed by atoms with Crippen LogP contribution in [0.5, 0.6) is 0 Å². The summed E-state index contributed by atoms with van der Waals surface area (Å²) in [5, 5.41) is 11.7. The number of nitrogens with zero attached hydrogens (tertiary/aromatic N) is 1. The number of rotatable bonds is 4. The van der Waals surface area contributed by atoms with Crippen LogP contribution < -0.4 is 0 Å². The lowest BCUT2D eigenvalue weighted by Gasteiger charge is -2.52. The van der Waals surface area contributed by atoms with Crippen molar-refractivity contribution < 1.29 is 13.5 Å². The van der Waals surface area contributed by atoms with Crippen molar-refractivity contribution in [2.24, 2.45) is 5.92 Å². The number of sulfone groups is 1. The Kier molecular flexibility index (Phi) is 5.34. The fraction of sp³-hybridized carbons (Fsp3) is 0.478. The molecule has 2 aliphatic rings. The highest BCUT2D eigenvalue weighted by Crippen LogP contribution is 2.47. The summed E-state index contributed by atoms with van der Waals surface area (Å²) in [4.78, 5) is 2.85. The van der Waals surface area contributed by atoms with E-state index in [-0.39, 0.29) is 5.92 Å². The first kappa shape index (κ1) is 19.6. The molecule has 0 spiro atoms. The molecule has 4 nitrogen and oxygen atoms in total. The van der Waals surface area contributed by atoms with Gasteiger partial charge in [0.2, 0.25) is 0 Å². The lowest BCUT2D eigenvalue weighted by atomic mass is 9.66. The number of fused-ring (bicyclic) bond motifs is 1. The predicted octanol–water partition coefficient (Wildman–Crippen LogP) is 3.74. The normalized spacial score (nSPS) is 28.6. The lowest BCUT2D eigenvalue weighted by Crippen LogP contribution is -2.57. The van der Waals surface area contributed by atoms with E-state index in [4.69, 9.17) is 0 Å². The molecule has 0 radical (unpaired) electrons. The number of hydrogen-bond acceptors (Lipinski definition) is 4. The number of aliphatic hydroxyl groups is 1. The number of piperidine rings is 1. The van der Waals surface area contributed by atoms with Gasteiger partial charge in [-0.2, -0.15) is 0 Å². The van der Waals surface area contributed by atoms with Gasteiger partial charge in [0.05, 0.1) is 10.5 Å². The summed E-state index contributed by atoms with van der Waals surface area (Å²) < 4.78 is 23.6. The lowest BCUT2D eigenvalue weighted by molar-refractivity contribution is -0.123. The molecule has 0 bridgehead atoms. The number of hydrogen-bond donors (Lipinski definition) is 1. The summed E-state index contributed by atoms with van der Waals surface area (Å²) in [5.74, 6) is 0.183. The first-order valence-electron chi connectivity index (χ1n) is 10.2. The van der Waals surface area contributed by atoms with Crippen LogP contribution in [0.15, 0.2) is 59.5 Å². The van der Waals surface area contributed by atoms with Crippen molar-refractivity contribution in [2.75, 3.05) is 12.8 Å². The first-order valence-corrected chi connectivity index (χ1v) is 12.1. The highest BCUT2D eigenvalue weighted by molar-refractivity contribution is 7.90. The minimum Gasteiger partial charge on any atom is -0.385 e. The fourth-order valence-electron chi connectivity index (χ4n) is 5.13. The van der Waals surface area contributed by atoms with Gasteiger partial charge in [0.1, 0.15) is 0 Å². The summed E-state index contributed by atoms with van der Waals surface area (Å²) in [7, 11) is -3.23. The smallest absolute Gasteiger partial charge is 0.175 e. The van der Waals surface area contributed by atoms with Crippen molar-refractivity contribution in [3.05, 3.63) is 65.7 Å². The zero-order valence-corrected chi connectivity index (χ0v) is 17.2. The molecule has 4 rings (SSSR count). The van der Waals surface area contributed by atoms with Crippen molar-refractivity contribution in [3.8, 4) is 0 Å². The molecule has 5 heteroatoms. The molecule has 1 aliphatic heterocycles. The molecule has 1 saturated carbocycles. The van der Waals surface area contributed by atoms with Crippen LogP contribution in [0.2, 0.25) is 0 Å². The highest BCUT2D eigenvalue weighted by atomic mass is 32.2. The molecule has 1 N–H and O–H groups in total. The Labute approximate surface area is 168 Å². The maximum atomic E-state index is 11.8. The molecule has 150 valence electrons. The van der Waals surface area contributed by atoms with Crippen LogP contribution >= 0.6 is 0 Å². The van der Waals surface area contributed by atoms with E-state index in [0.29, 0.717) is 17.4 Å². The number of likely N-dealkylation sites (tertiary alicyclic amines) is 1. The van der Waals surface area contributed by atoms with Crippen LogP contribution in [-0.2, 0) is 22.0 Å². The third-order valence-electron chi connectivity index (χ3n) is 6.60. The van der Waals surface area contributed by atoms with E-state index in [0.717, 1.165) is 37.9 Å². The summed E-state index contributed by atoms with van der Waals surface area (Å²) in [5.41, 5.74) is 1.29. The van der Waals surface area contributed by atoms with Crippen LogP contribution in [0.4, 0.5) is 0 Å². The van der Waals surface area contributed by atoms with Crippen LogP contribution in [0.1, 0.15) is 43.2 Å². The fourth-order valence-corrected chi connectivity index (χ4v) is 5.76. The third-order valence-corrected chi connectivity index (χ3v) is 7.73. The Morgan fingerprint density at radius 1 is 1.04 bits per heavy atom. The van der Waals surface area contributed by atoms with Crippen molar-refractivity contribution in [2.45, 2.75) is 55.2 Å². The van der Waals surface area contributed by atoms with Gasteiger partial charge >= 0.3 is 0 Å². The zero-order chi connectivity index (χ0) is 19.8. The van der Waals surface area contributed by atoms with Gasteiger partial charge in [-0.1, -0.05) is 55.3 Å². The SMILES string of the molecule is CS(=O)(=O)c1ccc(C2(O)CCN(Cc3ccccc3)C3CCCCC32)cc1. The predicted molar refractivity (Wildman–Crippen MR) is 111 cm³/mol. The van der Waals surface area contributed by atoms with E-state index in [1.165, 1.54) is 18.2 Å². The van der Waals surface area contributed by atoms with E-state index in [1.54, 1.807) is 12.1 Å². The standard InChI is InChI=1S/C23H29NO3S/c1-28(26,27)20-13-11-19(12-14-20)23(25)15-16-24(17-18-7-3-2-4-8-18)22-10-6-5-9-21(22)23/h2-4,7-8,11-14,21-22,25H,5-6,9-10,15-17H2,1H3. The molecule has 2 fully saturated rings. The second-order valence-electron chi connectivity index (χ2n) is 8.39. The van der Waals surface area contributed by atoms with E-state index in [9.17, 15) is 13.5 Å². The Morgan fingerprint density at radius 2 is 1.71 bits per heavy atom. The Bertz CT molecular complexity index is 911. The molecule has 2 aromatic rings. The van der Waals surface area contributed by atoms with Gasteiger partial charge in [0.25, 0.3) is 0 Å². The monoisotopic (exact) mass is 399 g/mol. The van der Waals surface area contributed by atoms with Crippen LogP contribution in [0.3, 0.4) is 0 Å². The van der Waals surface area contributed by atoms with Crippen molar-refractivity contribution >= 4 is 9.84 Å². The molecular formula is C23H29NO3S. The van der Waals surface area contributed by atoms with Crippen LogP contribution in [0.25, 0.3) is 0 Å². The highest BCUT2D eigenvalue weighted by Gasteiger charge is 2.48. The van der Waals surface area contributed by atoms with E-state index >= 15 is 0 Å².